The third kappa shape index (κ3) is 2.44. The Labute approximate surface area is 112 Å². The molecule has 2 rings (SSSR count). The molecule has 1 heterocycles. The topological polar surface area (TPSA) is 57.6 Å². The number of ketones is 1. The van der Waals surface area contributed by atoms with E-state index in [1.165, 1.54) is 18.2 Å². The van der Waals surface area contributed by atoms with Crippen LogP contribution in [-0.2, 0) is 15.6 Å². The highest BCUT2D eigenvalue weighted by molar-refractivity contribution is 7.97. The van der Waals surface area contributed by atoms with Crippen molar-refractivity contribution in [1.82, 2.24) is 4.31 Å². The summed E-state index contributed by atoms with van der Waals surface area (Å²) in [6.07, 6.45) is 1.47. The van der Waals surface area contributed by atoms with Gasteiger partial charge < -0.3 is 9.41 Å². The molecule has 18 heavy (non-hydrogen) atoms. The summed E-state index contributed by atoms with van der Waals surface area (Å²) < 4.78 is 12.7. The number of Topliss-reactive ketones (excluding diaryl/α,β-unsaturated/α-hetero) is 1. The summed E-state index contributed by atoms with van der Waals surface area (Å²) in [6, 6.07) is 7.33. The van der Waals surface area contributed by atoms with Gasteiger partial charge in [0.2, 0.25) is 0 Å². The maximum atomic E-state index is 12.0. The van der Waals surface area contributed by atoms with Gasteiger partial charge in [-0.1, -0.05) is 12.1 Å². The Morgan fingerprint density at radius 2 is 2.11 bits per heavy atom. The minimum absolute atomic E-state index is 0.0395. The van der Waals surface area contributed by atoms with Crippen LogP contribution in [0.2, 0.25) is 0 Å². The molecule has 0 fully saturated rings. The third-order valence-corrected chi connectivity index (χ3v) is 4.19. The lowest BCUT2D eigenvalue weighted by Crippen LogP contribution is -2.25. The fraction of sp³-hybridized carbons (Fsp3) is 0.250. The van der Waals surface area contributed by atoms with Gasteiger partial charge in [0.05, 0.1) is 5.75 Å². The highest BCUT2D eigenvalue weighted by Gasteiger charge is 2.28. The van der Waals surface area contributed by atoms with Crippen molar-refractivity contribution in [3.05, 3.63) is 35.5 Å². The first-order valence-corrected chi connectivity index (χ1v) is 7.78. The van der Waals surface area contributed by atoms with Crippen LogP contribution in [0.15, 0.2) is 34.9 Å². The molecule has 1 aromatic carbocycles. The average Bonchev–Trinajstić information content (AvgIpc) is 2.27. The molecule has 0 aromatic heterocycles. The van der Waals surface area contributed by atoms with Crippen LogP contribution in [-0.4, -0.2) is 38.5 Å². The molecular formula is C12H13NO3S2. The Morgan fingerprint density at radius 3 is 2.78 bits per heavy atom. The number of aliphatic hydroxyl groups excluding tert-OH is 1. The van der Waals surface area contributed by atoms with Crippen LogP contribution in [0.4, 0.5) is 0 Å². The van der Waals surface area contributed by atoms with E-state index in [2.05, 4.69) is 0 Å². The van der Waals surface area contributed by atoms with E-state index in [9.17, 15) is 14.1 Å². The van der Waals surface area contributed by atoms with Crippen molar-refractivity contribution in [2.75, 3.05) is 19.1 Å². The number of fused-ring (bicyclic) bond motifs is 1. The number of allylic oxidation sites excluding steroid dienone is 1. The summed E-state index contributed by atoms with van der Waals surface area (Å²) in [6.45, 7) is 0. The highest BCUT2D eigenvalue weighted by Crippen LogP contribution is 2.38. The molecule has 1 atom stereocenters. The lowest BCUT2D eigenvalue weighted by molar-refractivity contribution is -0.114. The van der Waals surface area contributed by atoms with Crippen LogP contribution in [0.25, 0.3) is 5.76 Å². The number of aliphatic hydroxyl groups is 1. The van der Waals surface area contributed by atoms with Gasteiger partial charge in [-0.25, -0.2) is 0 Å². The zero-order valence-corrected chi connectivity index (χ0v) is 11.7. The minimum Gasteiger partial charge on any atom is -0.505 e. The van der Waals surface area contributed by atoms with Gasteiger partial charge in [-0.2, -0.15) is 0 Å². The largest absolute Gasteiger partial charge is 0.505 e. The van der Waals surface area contributed by atoms with E-state index in [4.69, 9.17) is 0 Å². The van der Waals surface area contributed by atoms with Crippen molar-refractivity contribution in [2.45, 2.75) is 4.90 Å². The molecule has 4 nitrogen and oxygen atoms in total. The predicted octanol–water partition coefficient (Wildman–Crippen LogP) is 1.81. The molecule has 1 aliphatic heterocycles. The Kier molecular flexibility index (Phi) is 3.77. The molecule has 1 aliphatic rings. The number of carbonyl (C=O) groups is 1. The van der Waals surface area contributed by atoms with E-state index in [1.54, 1.807) is 23.5 Å². The Balaban J connectivity index is 2.46. The van der Waals surface area contributed by atoms with Gasteiger partial charge in [0.25, 0.3) is 0 Å². The molecule has 0 bridgehead atoms. The summed E-state index contributed by atoms with van der Waals surface area (Å²) in [4.78, 5) is 12.9. The summed E-state index contributed by atoms with van der Waals surface area (Å²) in [5.41, 5.74) is 0.861. The second kappa shape index (κ2) is 5.16. The first-order valence-electron chi connectivity index (χ1n) is 5.28. The summed E-state index contributed by atoms with van der Waals surface area (Å²) in [5.74, 6) is -0.424. The molecule has 0 saturated heterocycles. The average molecular weight is 283 g/mol. The number of nitrogens with zero attached hydrogens (tertiary/aromatic N) is 1. The number of carbonyl (C=O) groups excluding carboxylic acids is 1. The van der Waals surface area contributed by atoms with Crippen molar-refractivity contribution < 1.29 is 14.1 Å². The summed E-state index contributed by atoms with van der Waals surface area (Å²) in [5, 5.41) is 10.2. The maximum Gasteiger partial charge on any atom is 0.195 e. The normalized spacial score (nSPS) is 16.4. The van der Waals surface area contributed by atoms with E-state index in [0.29, 0.717) is 5.56 Å². The SMILES string of the molecule is CN1Sc2ccccc2C(O)=C1C(=O)CS(C)=O. The zero-order valence-electron chi connectivity index (χ0n) is 10.0. The molecule has 0 saturated carbocycles. The van der Waals surface area contributed by atoms with E-state index in [-0.39, 0.29) is 23.0 Å². The molecule has 1 aromatic rings. The van der Waals surface area contributed by atoms with Crippen molar-refractivity contribution in [2.24, 2.45) is 0 Å². The van der Waals surface area contributed by atoms with Gasteiger partial charge >= 0.3 is 0 Å². The Hall–Kier alpha value is -1.27. The maximum absolute atomic E-state index is 12.0. The smallest absolute Gasteiger partial charge is 0.195 e. The fourth-order valence-corrected chi connectivity index (χ4v) is 3.26. The van der Waals surface area contributed by atoms with Gasteiger partial charge in [-0.3, -0.25) is 9.00 Å². The number of likely N-dealkylation sites (N-methyl/N-ethyl adjacent to an activating group) is 1. The fourth-order valence-electron chi connectivity index (χ4n) is 1.77. The van der Waals surface area contributed by atoms with Gasteiger partial charge in [0, 0.05) is 34.6 Å². The first kappa shape index (κ1) is 13.2. The number of hydrogen-bond donors (Lipinski definition) is 1. The van der Waals surface area contributed by atoms with Gasteiger partial charge in [-0.15, -0.1) is 0 Å². The molecule has 0 spiro atoms. The highest BCUT2D eigenvalue weighted by atomic mass is 32.2. The van der Waals surface area contributed by atoms with Crippen LogP contribution in [0, 0.1) is 0 Å². The quantitative estimate of drug-likeness (QED) is 0.857. The van der Waals surface area contributed by atoms with Crippen LogP contribution >= 0.6 is 11.9 Å². The Morgan fingerprint density at radius 1 is 1.44 bits per heavy atom. The molecular weight excluding hydrogens is 270 g/mol. The minimum atomic E-state index is -1.22. The molecule has 96 valence electrons. The zero-order chi connectivity index (χ0) is 13.3. The predicted molar refractivity (Wildman–Crippen MR) is 73.6 cm³/mol. The third-order valence-electron chi connectivity index (χ3n) is 2.52. The van der Waals surface area contributed by atoms with Crippen LogP contribution in [0.3, 0.4) is 0 Å². The van der Waals surface area contributed by atoms with E-state index >= 15 is 0 Å². The van der Waals surface area contributed by atoms with Crippen molar-refractivity contribution >= 4 is 34.3 Å². The van der Waals surface area contributed by atoms with Crippen molar-refractivity contribution in [1.29, 1.82) is 0 Å². The van der Waals surface area contributed by atoms with Gasteiger partial charge in [-0.05, 0) is 24.1 Å². The van der Waals surface area contributed by atoms with Crippen LogP contribution in [0.1, 0.15) is 5.56 Å². The number of rotatable bonds is 3. The summed E-state index contributed by atoms with van der Waals surface area (Å²) >= 11 is 1.37. The Bertz CT molecular complexity index is 554. The monoisotopic (exact) mass is 283 g/mol. The lowest BCUT2D eigenvalue weighted by atomic mass is 10.1. The standard InChI is InChI=1S/C12H13NO3S2/c1-13-11(9(14)7-18(2)16)12(15)8-5-3-4-6-10(8)17-13/h3-6,15H,7H2,1-2H3. The molecule has 0 aliphatic carbocycles. The van der Waals surface area contributed by atoms with Crippen LogP contribution in [0.5, 0.6) is 0 Å². The molecule has 0 amide bonds. The first-order chi connectivity index (χ1) is 8.50. The molecule has 6 heteroatoms. The van der Waals surface area contributed by atoms with Crippen LogP contribution < -0.4 is 0 Å². The van der Waals surface area contributed by atoms with E-state index < -0.39 is 10.8 Å². The number of benzene rings is 1. The second-order valence-corrected chi connectivity index (χ2v) is 6.53. The van der Waals surface area contributed by atoms with Gasteiger partial charge in [0.1, 0.15) is 5.70 Å². The molecule has 1 unspecified atom stereocenters. The van der Waals surface area contributed by atoms with Crippen molar-refractivity contribution in [3.8, 4) is 0 Å². The lowest BCUT2D eigenvalue weighted by Gasteiger charge is -2.27. The summed E-state index contributed by atoms with van der Waals surface area (Å²) in [7, 11) is 0.495. The second-order valence-electron chi connectivity index (χ2n) is 3.92. The van der Waals surface area contributed by atoms with Crippen molar-refractivity contribution in [3.63, 3.8) is 0 Å². The molecule has 1 N–H and O–H groups in total. The van der Waals surface area contributed by atoms with E-state index in [1.807, 2.05) is 12.1 Å². The number of hydrogen-bond acceptors (Lipinski definition) is 5. The van der Waals surface area contributed by atoms with E-state index in [0.717, 1.165) is 4.90 Å². The molecule has 0 radical (unpaired) electrons. The van der Waals surface area contributed by atoms with Gasteiger partial charge in [0.15, 0.2) is 11.5 Å².